The summed E-state index contributed by atoms with van der Waals surface area (Å²) in [5, 5.41) is 0. The Morgan fingerprint density at radius 1 is 0.786 bits per heavy atom. The highest BCUT2D eigenvalue weighted by Gasteiger charge is 1.95. The minimum Gasteiger partial charge on any atom is -0.207 e. The van der Waals surface area contributed by atoms with Gasteiger partial charge in [-0.1, -0.05) is 42.5 Å². The molecule has 70 valence electrons. The lowest BCUT2D eigenvalue weighted by atomic mass is 10.1. The van der Waals surface area contributed by atoms with E-state index in [4.69, 9.17) is 0 Å². The summed E-state index contributed by atoms with van der Waals surface area (Å²) < 4.78 is 12.6. The van der Waals surface area contributed by atoms with E-state index in [2.05, 4.69) is 12.1 Å². The van der Waals surface area contributed by atoms with Crippen LogP contribution in [0.15, 0.2) is 54.6 Å². The summed E-state index contributed by atoms with van der Waals surface area (Å²) in [5.41, 5.74) is 2.39. The van der Waals surface area contributed by atoms with Crippen molar-refractivity contribution in [1.82, 2.24) is 0 Å². The molecule has 1 heteroatoms. The summed E-state index contributed by atoms with van der Waals surface area (Å²) in [5.74, 6) is -0.179. The van der Waals surface area contributed by atoms with Crippen molar-refractivity contribution in [2.45, 2.75) is 6.42 Å². The van der Waals surface area contributed by atoms with Crippen LogP contribution in [0.4, 0.5) is 4.39 Å². The molecule has 14 heavy (non-hydrogen) atoms. The van der Waals surface area contributed by atoms with E-state index in [9.17, 15) is 4.39 Å². The van der Waals surface area contributed by atoms with E-state index in [1.165, 1.54) is 17.7 Å². The average molecular weight is 187 g/mol. The van der Waals surface area contributed by atoms with Crippen LogP contribution >= 0.6 is 0 Å². The molecular formula is C13H12F+. The lowest BCUT2D eigenvalue weighted by Gasteiger charge is -2.00. The number of rotatable bonds is 2. The van der Waals surface area contributed by atoms with E-state index >= 15 is 0 Å². The van der Waals surface area contributed by atoms with Crippen LogP contribution in [-0.4, -0.2) is 0 Å². The van der Waals surface area contributed by atoms with E-state index in [-0.39, 0.29) is 7.24 Å². The maximum atomic E-state index is 12.6. The first-order valence-corrected chi connectivity index (χ1v) is 4.63. The zero-order valence-electron chi connectivity index (χ0n) is 8.78. The van der Waals surface area contributed by atoms with Crippen LogP contribution in [0.3, 0.4) is 0 Å². The third-order valence-corrected chi connectivity index (χ3v) is 2.16. The molecule has 0 unspecified atom stereocenters. The highest BCUT2D eigenvalue weighted by atomic mass is 19.1. The Morgan fingerprint density at radius 3 is 2.00 bits per heavy atom. The highest BCUT2D eigenvalue weighted by molar-refractivity contribution is 5.25. The van der Waals surface area contributed by atoms with Crippen LogP contribution in [0.2, 0.25) is 0 Å². The van der Waals surface area contributed by atoms with E-state index in [1.807, 2.05) is 30.3 Å². The summed E-state index contributed by atoms with van der Waals surface area (Å²) in [6, 6.07) is 16.8. The summed E-state index contributed by atoms with van der Waals surface area (Å²) in [4.78, 5) is 0. The molecule has 0 fully saturated rings. The van der Waals surface area contributed by atoms with Gasteiger partial charge in [0, 0.05) is 0 Å². The molecular weight excluding hydrogens is 175 g/mol. The van der Waals surface area contributed by atoms with Crippen molar-refractivity contribution in [2.75, 3.05) is 0 Å². The summed E-state index contributed by atoms with van der Waals surface area (Å²) >= 11 is 0. The number of halogens is 1. The van der Waals surface area contributed by atoms with Crippen molar-refractivity contribution in [3.8, 4) is 0 Å². The third kappa shape index (κ3) is 2.19. The molecule has 0 N–H and O–H groups in total. The maximum Gasteiger partial charge on any atom is 1.00 e. The van der Waals surface area contributed by atoms with Crippen LogP contribution in [0.5, 0.6) is 0 Å². The van der Waals surface area contributed by atoms with Gasteiger partial charge in [-0.05, 0) is 29.7 Å². The second kappa shape index (κ2) is 4.05. The Hall–Kier alpha value is -1.63. The van der Waals surface area contributed by atoms with Gasteiger partial charge in [0.1, 0.15) is 5.82 Å². The maximum absolute atomic E-state index is 12.6. The Morgan fingerprint density at radius 2 is 1.36 bits per heavy atom. The molecule has 0 saturated heterocycles. The predicted octanol–water partition coefficient (Wildman–Crippen LogP) is 3.53. The zero-order chi connectivity index (χ0) is 9.80. The van der Waals surface area contributed by atoms with E-state index in [0.717, 1.165) is 12.0 Å². The number of hydrogen-bond acceptors (Lipinski definition) is 0. The van der Waals surface area contributed by atoms with Crippen LogP contribution in [0, 0.1) is 5.82 Å². The normalized spacial score (nSPS) is 10.1. The molecule has 2 aromatic rings. The van der Waals surface area contributed by atoms with Gasteiger partial charge < -0.3 is 0 Å². The Balaban J connectivity index is 0.00000112. The van der Waals surface area contributed by atoms with Crippen molar-refractivity contribution in [1.29, 1.82) is 0 Å². The minimum absolute atomic E-state index is 0. The number of benzene rings is 2. The molecule has 0 aliphatic rings. The molecule has 0 aliphatic carbocycles. The van der Waals surface area contributed by atoms with Gasteiger partial charge in [0.25, 0.3) is 0 Å². The Kier molecular flexibility index (Phi) is 2.59. The van der Waals surface area contributed by atoms with Crippen molar-refractivity contribution in [3.05, 3.63) is 71.5 Å². The molecule has 0 amide bonds. The van der Waals surface area contributed by atoms with E-state index < -0.39 is 0 Å². The van der Waals surface area contributed by atoms with Gasteiger partial charge in [-0.3, -0.25) is 0 Å². The molecule has 0 aromatic heterocycles. The van der Waals surface area contributed by atoms with Gasteiger partial charge in [-0.2, -0.15) is 0 Å². The molecule has 0 heterocycles. The minimum atomic E-state index is -0.179. The van der Waals surface area contributed by atoms with E-state index in [1.54, 1.807) is 0 Å². The van der Waals surface area contributed by atoms with Gasteiger partial charge in [0.2, 0.25) is 0 Å². The largest absolute Gasteiger partial charge is 1.00 e. The second-order valence-corrected chi connectivity index (χ2v) is 3.29. The lowest BCUT2D eigenvalue weighted by Crippen LogP contribution is -1.87. The molecule has 2 rings (SSSR count). The van der Waals surface area contributed by atoms with Crippen LogP contribution in [-0.2, 0) is 6.42 Å². The van der Waals surface area contributed by atoms with Gasteiger partial charge in [0.15, 0.2) is 0 Å². The first-order valence-electron chi connectivity index (χ1n) is 4.63. The monoisotopic (exact) mass is 187 g/mol. The molecule has 0 nitrogen and oxygen atoms in total. The van der Waals surface area contributed by atoms with Crippen LogP contribution < -0.4 is 0 Å². The van der Waals surface area contributed by atoms with Crippen molar-refractivity contribution in [3.63, 3.8) is 0 Å². The van der Waals surface area contributed by atoms with Gasteiger partial charge in [-0.15, -0.1) is 0 Å². The summed E-state index contributed by atoms with van der Waals surface area (Å²) in [6.45, 7) is 0. The smallest absolute Gasteiger partial charge is 0.207 e. The fraction of sp³-hybridized carbons (Fsp3) is 0.0769. The Labute approximate surface area is 84.5 Å². The first kappa shape index (κ1) is 8.95. The second-order valence-electron chi connectivity index (χ2n) is 3.29. The zero-order valence-corrected chi connectivity index (χ0v) is 7.78. The average Bonchev–Trinajstić information content (AvgIpc) is 2.23. The topological polar surface area (TPSA) is 0 Å². The van der Waals surface area contributed by atoms with Crippen LogP contribution in [0.1, 0.15) is 12.6 Å². The standard InChI is InChI=1S/C13H11F/c14-13-8-6-12(7-9-13)10-11-4-2-1-3-5-11/h1-9H,10H2/p+1. The van der Waals surface area contributed by atoms with E-state index in [0.29, 0.717) is 0 Å². The van der Waals surface area contributed by atoms with Crippen molar-refractivity contribution in [2.24, 2.45) is 0 Å². The predicted molar refractivity (Wildman–Crippen MR) is 56.8 cm³/mol. The molecule has 0 saturated carbocycles. The summed E-state index contributed by atoms with van der Waals surface area (Å²) in [7, 11) is 0. The van der Waals surface area contributed by atoms with Crippen molar-refractivity contribution < 1.29 is 5.82 Å². The first-order chi connectivity index (χ1) is 6.84. The fourth-order valence-electron chi connectivity index (χ4n) is 1.43. The molecule has 0 aliphatic heterocycles. The van der Waals surface area contributed by atoms with Gasteiger partial charge in [-0.25, -0.2) is 4.39 Å². The molecule has 0 spiro atoms. The quantitative estimate of drug-likeness (QED) is 0.674. The summed E-state index contributed by atoms with van der Waals surface area (Å²) in [6.07, 6.45) is 0.862. The van der Waals surface area contributed by atoms with Gasteiger partial charge >= 0.3 is 1.43 Å². The highest BCUT2D eigenvalue weighted by Crippen LogP contribution is 2.09. The number of hydrogen-bond donors (Lipinski definition) is 0. The molecule has 2 aromatic carbocycles. The fourth-order valence-corrected chi connectivity index (χ4v) is 1.43. The molecule has 0 bridgehead atoms. The van der Waals surface area contributed by atoms with Crippen molar-refractivity contribution >= 4 is 0 Å². The SMILES string of the molecule is Fc1ccc(Cc2ccccc2)cc1.[H+]. The van der Waals surface area contributed by atoms with Gasteiger partial charge in [0.05, 0.1) is 0 Å². The molecule has 0 radical (unpaired) electrons. The lowest BCUT2D eigenvalue weighted by molar-refractivity contribution is 0.627. The Bertz CT molecular complexity index is 395. The van der Waals surface area contributed by atoms with Crippen LogP contribution in [0.25, 0.3) is 0 Å². The third-order valence-electron chi connectivity index (χ3n) is 2.16. The molecule has 0 atom stereocenters.